The van der Waals surface area contributed by atoms with Crippen LogP contribution in [0.3, 0.4) is 0 Å². The van der Waals surface area contributed by atoms with Crippen LogP contribution in [0.15, 0.2) is 16.7 Å². The van der Waals surface area contributed by atoms with E-state index < -0.39 is 0 Å². The van der Waals surface area contributed by atoms with Crippen molar-refractivity contribution >= 4 is 0 Å². The van der Waals surface area contributed by atoms with E-state index in [2.05, 4.69) is 42.1 Å². The van der Waals surface area contributed by atoms with Crippen molar-refractivity contribution in [2.75, 3.05) is 39.8 Å². The van der Waals surface area contributed by atoms with Gasteiger partial charge >= 0.3 is 0 Å². The third-order valence-electron chi connectivity index (χ3n) is 3.67. The zero-order chi connectivity index (χ0) is 13.7. The second-order valence-electron chi connectivity index (χ2n) is 5.97. The first-order valence-electron chi connectivity index (χ1n) is 7.32. The molecule has 0 unspecified atom stereocenters. The second kappa shape index (κ2) is 7.08. The SMILES string of the molecule is CC(C)CNCc1occc1CN1CCN(C)CC1. The number of piperazine rings is 1. The highest BCUT2D eigenvalue weighted by atomic mass is 16.3. The first-order chi connectivity index (χ1) is 9.15. The number of rotatable bonds is 6. The fraction of sp³-hybridized carbons (Fsp3) is 0.733. The minimum atomic E-state index is 0.677. The van der Waals surface area contributed by atoms with Gasteiger partial charge in [0.05, 0.1) is 12.8 Å². The molecule has 4 nitrogen and oxygen atoms in total. The predicted molar refractivity (Wildman–Crippen MR) is 78.0 cm³/mol. The molecule has 0 spiro atoms. The summed E-state index contributed by atoms with van der Waals surface area (Å²) in [6, 6.07) is 2.12. The summed E-state index contributed by atoms with van der Waals surface area (Å²) in [5.74, 6) is 1.77. The van der Waals surface area contributed by atoms with Crippen LogP contribution in [0.5, 0.6) is 0 Å². The number of nitrogens with one attached hydrogen (secondary N) is 1. The van der Waals surface area contributed by atoms with Crippen molar-refractivity contribution in [3.05, 3.63) is 23.7 Å². The Balaban J connectivity index is 1.81. The molecule has 1 aromatic heterocycles. The molecule has 1 fully saturated rings. The van der Waals surface area contributed by atoms with Gasteiger partial charge in [0.25, 0.3) is 0 Å². The van der Waals surface area contributed by atoms with E-state index in [0.717, 1.165) is 38.5 Å². The molecule has 0 aromatic carbocycles. The Bertz CT molecular complexity index is 367. The monoisotopic (exact) mass is 265 g/mol. The highest BCUT2D eigenvalue weighted by Gasteiger charge is 2.16. The smallest absolute Gasteiger partial charge is 0.122 e. The van der Waals surface area contributed by atoms with E-state index in [9.17, 15) is 0 Å². The Morgan fingerprint density at radius 3 is 2.68 bits per heavy atom. The van der Waals surface area contributed by atoms with E-state index in [4.69, 9.17) is 4.42 Å². The molecule has 0 radical (unpaired) electrons. The lowest BCUT2D eigenvalue weighted by molar-refractivity contribution is 0.147. The highest BCUT2D eigenvalue weighted by Crippen LogP contribution is 2.14. The van der Waals surface area contributed by atoms with E-state index >= 15 is 0 Å². The number of hydrogen-bond acceptors (Lipinski definition) is 4. The molecule has 108 valence electrons. The summed E-state index contributed by atoms with van der Waals surface area (Å²) in [6.45, 7) is 12.0. The number of nitrogens with zero attached hydrogens (tertiary/aromatic N) is 2. The number of hydrogen-bond donors (Lipinski definition) is 1. The molecule has 1 aliphatic rings. The Kier molecular flexibility index (Phi) is 5.43. The van der Waals surface area contributed by atoms with E-state index in [1.807, 2.05) is 6.26 Å². The largest absolute Gasteiger partial charge is 0.468 e. The first-order valence-corrected chi connectivity index (χ1v) is 7.32. The molecule has 0 aliphatic carbocycles. The highest BCUT2D eigenvalue weighted by molar-refractivity contribution is 5.17. The molecule has 0 amide bonds. The maximum atomic E-state index is 5.61. The second-order valence-corrected chi connectivity index (χ2v) is 5.97. The molecular formula is C15H27N3O. The topological polar surface area (TPSA) is 31.7 Å². The summed E-state index contributed by atoms with van der Waals surface area (Å²) in [5, 5.41) is 3.45. The van der Waals surface area contributed by atoms with Crippen LogP contribution in [0.25, 0.3) is 0 Å². The molecule has 0 saturated carbocycles. The average molecular weight is 265 g/mol. The van der Waals surface area contributed by atoms with Crippen molar-refractivity contribution in [1.29, 1.82) is 0 Å². The minimum absolute atomic E-state index is 0.677. The van der Waals surface area contributed by atoms with Gasteiger partial charge in [-0.15, -0.1) is 0 Å². The van der Waals surface area contributed by atoms with Gasteiger partial charge in [-0.1, -0.05) is 13.8 Å². The van der Waals surface area contributed by atoms with Gasteiger partial charge in [-0.3, -0.25) is 4.90 Å². The molecule has 0 atom stereocenters. The van der Waals surface area contributed by atoms with Gasteiger partial charge in [0.15, 0.2) is 0 Å². The Morgan fingerprint density at radius 1 is 1.26 bits per heavy atom. The maximum absolute atomic E-state index is 5.61. The molecule has 1 N–H and O–H groups in total. The molecule has 0 bridgehead atoms. The molecular weight excluding hydrogens is 238 g/mol. The molecule has 2 heterocycles. The van der Waals surface area contributed by atoms with Crippen molar-refractivity contribution in [2.24, 2.45) is 5.92 Å². The number of furan rings is 1. The van der Waals surface area contributed by atoms with Crippen molar-refractivity contribution in [3.63, 3.8) is 0 Å². The Labute approximate surface area is 116 Å². The summed E-state index contributed by atoms with van der Waals surface area (Å²) in [6.07, 6.45) is 1.82. The minimum Gasteiger partial charge on any atom is -0.468 e. The third-order valence-corrected chi connectivity index (χ3v) is 3.67. The first kappa shape index (κ1) is 14.6. The average Bonchev–Trinajstić information content (AvgIpc) is 2.79. The van der Waals surface area contributed by atoms with Crippen LogP contribution in [0.1, 0.15) is 25.2 Å². The zero-order valence-corrected chi connectivity index (χ0v) is 12.5. The summed E-state index contributed by atoms with van der Waals surface area (Å²) < 4.78 is 5.61. The summed E-state index contributed by atoms with van der Waals surface area (Å²) in [7, 11) is 2.19. The lowest BCUT2D eigenvalue weighted by Gasteiger charge is -2.32. The third kappa shape index (κ3) is 4.64. The lowest BCUT2D eigenvalue weighted by Crippen LogP contribution is -2.43. The molecule has 2 rings (SSSR count). The Morgan fingerprint density at radius 2 is 2.00 bits per heavy atom. The van der Waals surface area contributed by atoms with E-state index in [1.165, 1.54) is 18.7 Å². The van der Waals surface area contributed by atoms with Crippen LogP contribution in [-0.4, -0.2) is 49.6 Å². The molecule has 1 saturated heterocycles. The molecule has 1 aromatic rings. The summed E-state index contributed by atoms with van der Waals surface area (Å²) in [5.41, 5.74) is 1.33. The maximum Gasteiger partial charge on any atom is 0.122 e. The van der Waals surface area contributed by atoms with E-state index in [0.29, 0.717) is 5.92 Å². The van der Waals surface area contributed by atoms with Gasteiger partial charge in [-0.05, 0) is 25.6 Å². The Hall–Kier alpha value is -0.840. The van der Waals surface area contributed by atoms with Gasteiger partial charge in [-0.2, -0.15) is 0 Å². The van der Waals surface area contributed by atoms with Crippen LogP contribution in [0.4, 0.5) is 0 Å². The lowest BCUT2D eigenvalue weighted by atomic mass is 10.2. The van der Waals surface area contributed by atoms with Gasteiger partial charge < -0.3 is 14.6 Å². The normalized spacial score (nSPS) is 18.3. The van der Waals surface area contributed by atoms with Crippen molar-refractivity contribution in [3.8, 4) is 0 Å². The van der Waals surface area contributed by atoms with Crippen LogP contribution in [-0.2, 0) is 13.1 Å². The molecule has 19 heavy (non-hydrogen) atoms. The van der Waals surface area contributed by atoms with E-state index in [-0.39, 0.29) is 0 Å². The number of likely N-dealkylation sites (N-methyl/N-ethyl adjacent to an activating group) is 1. The van der Waals surface area contributed by atoms with Crippen LogP contribution in [0, 0.1) is 5.92 Å². The van der Waals surface area contributed by atoms with E-state index in [1.54, 1.807) is 0 Å². The van der Waals surface area contributed by atoms with Crippen LogP contribution < -0.4 is 5.32 Å². The predicted octanol–water partition coefficient (Wildman–Crippen LogP) is 1.77. The zero-order valence-electron chi connectivity index (χ0n) is 12.5. The molecule has 1 aliphatic heterocycles. The van der Waals surface area contributed by atoms with Crippen molar-refractivity contribution in [1.82, 2.24) is 15.1 Å². The fourth-order valence-corrected chi connectivity index (χ4v) is 2.38. The van der Waals surface area contributed by atoms with Crippen molar-refractivity contribution < 1.29 is 4.42 Å². The van der Waals surface area contributed by atoms with Gasteiger partial charge in [0, 0.05) is 38.3 Å². The standard InChI is InChI=1S/C15H27N3O/c1-13(2)10-16-11-15-14(4-9-19-15)12-18-7-5-17(3)6-8-18/h4,9,13,16H,5-8,10-12H2,1-3H3. The van der Waals surface area contributed by atoms with Crippen LogP contribution in [0.2, 0.25) is 0 Å². The van der Waals surface area contributed by atoms with Crippen LogP contribution >= 0.6 is 0 Å². The van der Waals surface area contributed by atoms with Gasteiger partial charge in [0.1, 0.15) is 5.76 Å². The van der Waals surface area contributed by atoms with Gasteiger partial charge in [-0.25, -0.2) is 0 Å². The quantitative estimate of drug-likeness (QED) is 0.849. The molecule has 4 heteroatoms. The fourth-order valence-electron chi connectivity index (χ4n) is 2.38. The van der Waals surface area contributed by atoms with Gasteiger partial charge in [0.2, 0.25) is 0 Å². The van der Waals surface area contributed by atoms with Crippen molar-refractivity contribution in [2.45, 2.75) is 26.9 Å². The summed E-state index contributed by atoms with van der Waals surface area (Å²) >= 11 is 0. The summed E-state index contributed by atoms with van der Waals surface area (Å²) in [4.78, 5) is 4.90.